The van der Waals surface area contributed by atoms with E-state index in [1.165, 1.54) is 0 Å². The van der Waals surface area contributed by atoms with Crippen molar-refractivity contribution in [3.8, 4) is 0 Å². The SMILES string of the molecule is Cc1cccc(CN2CCC(Cc3ccccc3F)CC2)n1.O=C(O)C(F)(F)F.O=C(O)C(F)(F)F. The highest BCUT2D eigenvalue weighted by atomic mass is 19.4. The van der Waals surface area contributed by atoms with Gasteiger partial charge < -0.3 is 10.2 Å². The largest absolute Gasteiger partial charge is 0.490 e. The lowest BCUT2D eigenvalue weighted by atomic mass is 9.90. The molecule has 6 nitrogen and oxygen atoms in total. The molecule has 2 N–H and O–H groups in total. The Balaban J connectivity index is 0.000000383. The van der Waals surface area contributed by atoms with Crippen LogP contribution in [0.5, 0.6) is 0 Å². The van der Waals surface area contributed by atoms with E-state index in [1.807, 2.05) is 25.1 Å². The number of aryl methyl sites for hydroxylation is 1. The van der Waals surface area contributed by atoms with Gasteiger partial charge in [0.15, 0.2) is 0 Å². The average molecular weight is 526 g/mol. The summed E-state index contributed by atoms with van der Waals surface area (Å²) < 4.78 is 77.2. The monoisotopic (exact) mass is 526 g/mol. The fourth-order valence-electron chi connectivity index (χ4n) is 3.24. The third kappa shape index (κ3) is 12.0. The van der Waals surface area contributed by atoms with E-state index in [2.05, 4.69) is 22.0 Å². The van der Waals surface area contributed by atoms with Crippen LogP contribution < -0.4 is 0 Å². The first kappa shape index (κ1) is 30.8. The van der Waals surface area contributed by atoms with Crippen LogP contribution in [0.4, 0.5) is 30.7 Å². The molecule has 1 aliphatic heterocycles. The van der Waals surface area contributed by atoms with Crippen molar-refractivity contribution >= 4 is 11.9 Å². The zero-order valence-electron chi connectivity index (χ0n) is 19.1. The molecular formula is C23H25F7N2O4. The number of hydrogen-bond donors (Lipinski definition) is 2. The van der Waals surface area contributed by atoms with Gasteiger partial charge in [-0.25, -0.2) is 14.0 Å². The number of nitrogens with zero attached hydrogens (tertiary/aromatic N) is 2. The summed E-state index contributed by atoms with van der Waals surface area (Å²) in [7, 11) is 0. The molecule has 1 aromatic carbocycles. The average Bonchev–Trinajstić information content (AvgIpc) is 2.76. The molecule has 0 spiro atoms. The smallest absolute Gasteiger partial charge is 0.475 e. The lowest BCUT2D eigenvalue weighted by molar-refractivity contribution is -0.193. The van der Waals surface area contributed by atoms with Crippen LogP contribution in [0.15, 0.2) is 42.5 Å². The number of halogens is 7. The summed E-state index contributed by atoms with van der Waals surface area (Å²) in [6.45, 7) is 5.11. The molecule has 1 aromatic heterocycles. The number of aliphatic carboxylic acids is 2. The number of carboxylic acid groups (broad SMARTS) is 2. The van der Waals surface area contributed by atoms with Crippen LogP contribution in [0.25, 0.3) is 0 Å². The first-order valence-corrected chi connectivity index (χ1v) is 10.6. The minimum absolute atomic E-state index is 0.0612. The van der Waals surface area contributed by atoms with Crippen molar-refractivity contribution in [2.24, 2.45) is 5.92 Å². The Bertz CT molecular complexity index is 965. The fourth-order valence-corrected chi connectivity index (χ4v) is 3.24. The van der Waals surface area contributed by atoms with Crippen molar-refractivity contribution in [3.05, 3.63) is 65.2 Å². The van der Waals surface area contributed by atoms with Gasteiger partial charge in [-0.15, -0.1) is 0 Å². The third-order valence-electron chi connectivity index (χ3n) is 4.99. The Hall–Kier alpha value is -3.22. The molecule has 3 rings (SSSR count). The van der Waals surface area contributed by atoms with E-state index in [0.717, 1.165) is 55.8 Å². The number of hydrogen-bond acceptors (Lipinski definition) is 4. The molecular weight excluding hydrogens is 501 g/mol. The van der Waals surface area contributed by atoms with Gasteiger partial charge in [-0.05, 0) is 69.0 Å². The maximum Gasteiger partial charge on any atom is 0.490 e. The van der Waals surface area contributed by atoms with Crippen LogP contribution >= 0.6 is 0 Å². The van der Waals surface area contributed by atoms with Gasteiger partial charge in [-0.2, -0.15) is 26.3 Å². The minimum atomic E-state index is -5.08. The van der Waals surface area contributed by atoms with Crippen LogP contribution in [0.2, 0.25) is 0 Å². The second kappa shape index (κ2) is 13.8. The van der Waals surface area contributed by atoms with E-state index in [4.69, 9.17) is 19.8 Å². The molecule has 0 unspecified atom stereocenters. The van der Waals surface area contributed by atoms with Gasteiger partial charge in [0.1, 0.15) is 5.82 Å². The van der Waals surface area contributed by atoms with Crippen molar-refractivity contribution in [2.75, 3.05) is 13.1 Å². The minimum Gasteiger partial charge on any atom is -0.475 e. The quantitative estimate of drug-likeness (QED) is 0.529. The Morgan fingerprint density at radius 2 is 1.42 bits per heavy atom. The maximum absolute atomic E-state index is 13.7. The van der Waals surface area contributed by atoms with Gasteiger partial charge in [0.2, 0.25) is 0 Å². The summed E-state index contributed by atoms with van der Waals surface area (Å²) in [5.41, 5.74) is 3.08. The first-order valence-electron chi connectivity index (χ1n) is 10.6. The molecule has 1 fully saturated rings. The molecule has 2 heterocycles. The van der Waals surface area contributed by atoms with Crippen LogP contribution in [-0.2, 0) is 22.6 Å². The van der Waals surface area contributed by atoms with Crippen LogP contribution in [0, 0.1) is 18.7 Å². The van der Waals surface area contributed by atoms with Crippen molar-refractivity contribution in [3.63, 3.8) is 0 Å². The van der Waals surface area contributed by atoms with E-state index in [-0.39, 0.29) is 5.82 Å². The Morgan fingerprint density at radius 1 is 0.917 bits per heavy atom. The van der Waals surface area contributed by atoms with Gasteiger partial charge in [0.25, 0.3) is 0 Å². The molecule has 0 amide bonds. The molecule has 13 heteroatoms. The van der Waals surface area contributed by atoms with Gasteiger partial charge in [-0.1, -0.05) is 24.3 Å². The van der Waals surface area contributed by atoms with E-state index in [0.29, 0.717) is 5.92 Å². The third-order valence-corrected chi connectivity index (χ3v) is 4.99. The number of likely N-dealkylation sites (tertiary alicyclic amines) is 1. The number of aromatic nitrogens is 1. The second-order valence-corrected chi connectivity index (χ2v) is 7.89. The van der Waals surface area contributed by atoms with Crippen molar-refractivity contribution in [2.45, 2.75) is 45.1 Å². The number of alkyl halides is 6. The zero-order chi connectivity index (χ0) is 27.5. The Labute approximate surface area is 202 Å². The molecule has 1 aliphatic rings. The van der Waals surface area contributed by atoms with Crippen molar-refractivity contribution in [1.82, 2.24) is 9.88 Å². The number of carboxylic acids is 2. The number of piperidine rings is 1. The number of rotatable bonds is 4. The molecule has 36 heavy (non-hydrogen) atoms. The Kier molecular flexibility index (Phi) is 11.8. The molecule has 0 atom stereocenters. The topological polar surface area (TPSA) is 90.7 Å². The highest BCUT2D eigenvalue weighted by Gasteiger charge is 2.38. The normalized spacial score (nSPS) is 14.7. The Morgan fingerprint density at radius 3 is 1.86 bits per heavy atom. The number of benzene rings is 1. The van der Waals surface area contributed by atoms with Gasteiger partial charge in [-0.3, -0.25) is 9.88 Å². The van der Waals surface area contributed by atoms with Gasteiger partial charge in [0.05, 0.1) is 5.69 Å². The maximum atomic E-state index is 13.7. The second-order valence-electron chi connectivity index (χ2n) is 7.89. The van der Waals surface area contributed by atoms with E-state index in [9.17, 15) is 30.7 Å². The lowest BCUT2D eigenvalue weighted by Gasteiger charge is -2.31. The fraction of sp³-hybridized carbons (Fsp3) is 0.435. The van der Waals surface area contributed by atoms with Crippen LogP contribution in [0.1, 0.15) is 29.8 Å². The summed E-state index contributed by atoms with van der Waals surface area (Å²) in [4.78, 5) is 24.8. The molecule has 0 aliphatic carbocycles. The van der Waals surface area contributed by atoms with Crippen molar-refractivity contribution in [1.29, 1.82) is 0 Å². The van der Waals surface area contributed by atoms with E-state index < -0.39 is 24.3 Å². The lowest BCUT2D eigenvalue weighted by Crippen LogP contribution is -2.34. The van der Waals surface area contributed by atoms with Crippen molar-refractivity contribution < 1.29 is 50.5 Å². The number of carbonyl (C=O) groups is 2. The molecule has 0 bridgehead atoms. The molecule has 2 aromatic rings. The zero-order valence-corrected chi connectivity index (χ0v) is 19.1. The summed E-state index contributed by atoms with van der Waals surface area (Å²) >= 11 is 0. The molecule has 0 saturated carbocycles. The van der Waals surface area contributed by atoms with Crippen LogP contribution in [0.3, 0.4) is 0 Å². The highest BCUT2D eigenvalue weighted by Crippen LogP contribution is 2.23. The summed E-state index contributed by atoms with van der Waals surface area (Å²) in [6.07, 6.45) is -7.02. The first-order chi connectivity index (χ1) is 16.6. The standard InChI is InChI=1S/C19H23FN2.2C2HF3O2/c1-15-5-4-7-18(21-15)14-22-11-9-16(10-12-22)13-17-6-2-3-8-19(17)20;2*3-2(4,5)1(6)7/h2-8,16H,9-14H2,1H3;2*(H,6,7). The summed E-state index contributed by atoms with van der Waals surface area (Å²) in [5.74, 6) is -4.98. The number of pyridine rings is 1. The summed E-state index contributed by atoms with van der Waals surface area (Å²) in [6, 6.07) is 13.4. The molecule has 0 radical (unpaired) electrons. The van der Waals surface area contributed by atoms with Gasteiger partial charge in [0, 0.05) is 12.2 Å². The van der Waals surface area contributed by atoms with E-state index >= 15 is 0 Å². The highest BCUT2D eigenvalue weighted by molar-refractivity contribution is 5.73. The van der Waals surface area contributed by atoms with Crippen LogP contribution in [-0.4, -0.2) is 57.5 Å². The van der Waals surface area contributed by atoms with Gasteiger partial charge >= 0.3 is 24.3 Å². The van der Waals surface area contributed by atoms with E-state index in [1.54, 1.807) is 12.1 Å². The predicted molar refractivity (Wildman–Crippen MR) is 114 cm³/mol. The predicted octanol–water partition coefficient (Wildman–Crippen LogP) is 5.25. The summed E-state index contributed by atoms with van der Waals surface area (Å²) in [5, 5.41) is 14.2. The molecule has 1 saturated heterocycles. The molecule has 200 valence electrons.